The first-order valence-electron chi connectivity index (χ1n) is 7.05. The van der Waals surface area contributed by atoms with Crippen molar-refractivity contribution in [1.82, 2.24) is 15.1 Å². The molecule has 0 unspecified atom stereocenters. The molecule has 0 bridgehead atoms. The molecule has 1 N–H and O–H groups in total. The lowest BCUT2D eigenvalue weighted by molar-refractivity contribution is -0.121. The summed E-state index contributed by atoms with van der Waals surface area (Å²) in [6.45, 7) is 4.72. The van der Waals surface area contributed by atoms with E-state index in [9.17, 15) is 9.59 Å². The summed E-state index contributed by atoms with van der Waals surface area (Å²) in [7, 11) is 0. The van der Waals surface area contributed by atoms with Crippen LogP contribution in [0.2, 0.25) is 0 Å². The summed E-state index contributed by atoms with van der Waals surface area (Å²) in [4.78, 5) is 27.2. The summed E-state index contributed by atoms with van der Waals surface area (Å²) in [5.74, 6) is -0.0817. The summed E-state index contributed by atoms with van der Waals surface area (Å²) in [6.07, 6.45) is 0.903. The van der Waals surface area contributed by atoms with E-state index in [1.165, 1.54) is 0 Å². The number of benzene rings is 1. The van der Waals surface area contributed by atoms with Gasteiger partial charge in [0.2, 0.25) is 5.91 Å². The van der Waals surface area contributed by atoms with Gasteiger partial charge in [-0.05, 0) is 12.0 Å². The van der Waals surface area contributed by atoms with Gasteiger partial charge in [0, 0.05) is 26.2 Å². The maximum absolute atomic E-state index is 12.2. The van der Waals surface area contributed by atoms with Gasteiger partial charge in [-0.3, -0.25) is 4.79 Å². The van der Waals surface area contributed by atoms with Gasteiger partial charge in [0.15, 0.2) is 0 Å². The van der Waals surface area contributed by atoms with Crippen molar-refractivity contribution < 1.29 is 9.59 Å². The average Bonchev–Trinajstić information content (AvgIpc) is 2.79. The lowest BCUT2D eigenvalue weighted by Gasteiger charge is -2.18. The second-order valence-electron chi connectivity index (χ2n) is 4.96. The largest absolute Gasteiger partial charge is 0.355 e. The van der Waals surface area contributed by atoms with E-state index in [0.717, 1.165) is 12.0 Å². The van der Waals surface area contributed by atoms with E-state index in [0.29, 0.717) is 26.2 Å². The maximum Gasteiger partial charge on any atom is 0.320 e. The minimum Gasteiger partial charge on any atom is -0.355 e. The smallest absolute Gasteiger partial charge is 0.320 e. The molecule has 20 heavy (non-hydrogen) atoms. The molecule has 1 fully saturated rings. The molecule has 0 saturated carbocycles. The zero-order valence-electron chi connectivity index (χ0n) is 11.8. The predicted octanol–water partition coefficient (Wildman–Crippen LogP) is 1.45. The van der Waals surface area contributed by atoms with Gasteiger partial charge in [-0.25, -0.2) is 4.79 Å². The normalized spacial score (nSPS) is 14.8. The van der Waals surface area contributed by atoms with Crippen LogP contribution in [0.25, 0.3) is 0 Å². The van der Waals surface area contributed by atoms with Crippen molar-refractivity contribution in [3.63, 3.8) is 0 Å². The number of nitrogens with one attached hydrogen (secondary N) is 1. The van der Waals surface area contributed by atoms with Crippen molar-refractivity contribution in [3.8, 4) is 0 Å². The Bertz CT molecular complexity index is 461. The van der Waals surface area contributed by atoms with Gasteiger partial charge in [-0.15, -0.1) is 0 Å². The molecule has 1 heterocycles. The molecule has 1 aliphatic rings. The van der Waals surface area contributed by atoms with E-state index in [-0.39, 0.29) is 18.5 Å². The minimum atomic E-state index is -0.0817. The van der Waals surface area contributed by atoms with Crippen molar-refractivity contribution in [1.29, 1.82) is 0 Å². The Hall–Kier alpha value is -2.04. The molecule has 1 aliphatic heterocycles. The van der Waals surface area contributed by atoms with Crippen LogP contribution in [0, 0.1) is 0 Å². The highest BCUT2D eigenvalue weighted by molar-refractivity contribution is 5.85. The van der Waals surface area contributed by atoms with Crippen LogP contribution >= 0.6 is 0 Å². The third kappa shape index (κ3) is 3.73. The fraction of sp³-hybridized carbons (Fsp3) is 0.467. The summed E-state index contributed by atoms with van der Waals surface area (Å²) in [5, 5.41) is 2.79. The lowest BCUT2D eigenvalue weighted by atomic mass is 10.2. The topological polar surface area (TPSA) is 52.7 Å². The molecular formula is C15H21N3O2. The molecule has 1 aromatic carbocycles. The number of amides is 3. The monoisotopic (exact) mass is 275 g/mol. The summed E-state index contributed by atoms with van der Waals surface area (Å²) in [6, 6.07) is 9.84. The molecule has 1 saturated heterocycles. The van der Waals surface area contributed by atoms with E-state index in [4.69, 9.17) is 0 Å². The number of urea groups is 1. The third-order valence-corrected chi connectivity index (χ3v) is 3.30. The van der Waals surface area contributed by atoms with Gasteiger partial charge < -0.3 is 15.1 Å². The third-order valence-electron chi connectivity index (χ3n) is 3.30. The number of carbonyl (C=O) groups is 2. The van der Waals surface area contributed by atoms with Gasteiger partial charge >= 0.3 is 6.03 Å². The Morgan fingerprint density at radius 2 is 1.90 bits per heavy atom. The zero-order chi connectivity index (χ0) is 14.4. The van der Waals surface area contributed by atoms with Crippen molar-refractivity contribution in [2.45, 2.75) is 19.9 Å². The maximum atomic E-state index is 12.2. The molecule has 5 heteroatoms. The van der Waals surface area contributed by atoms with Crippen LogP contribution in [-0.4, -0.2) is 47.9 Å². The van der Waals surface area contributed by atoms with E-state index < -0.39 is 0 Å². The first-order valence-corrected chi connectivity index (χ1v) is 7.05. The Kier molecular flexibility index (Phi) is 4.98. The summed E-state index contributed by atoms with van der Waals surface area (Å²) < 4.78 is 0. The molecule has 2 rings (SSSR count). The number of hydrogen-bond donors (Lipinski definition) is 1. The molecule has 0 atom stereocenters. The summed E-state index contributed by atoms with van der Waals surface area (Å²) >= 11 is 0. The Balaban J connectivity index is 1.84. The molecule has 108 valence electrons. The first-order chi connectivity index (χ1) is 9.70. The van der Waals surface area contributed by atoms with Crippen molar-refractivity contribution >= 4 is 11.9 Å². The lowest BCUT2D eigenvalue weighted by Crippen LogP contribution is -2.40. The Morgan fingerprint density at radius 1 is 1.20 bits per heavy atom. The fourth-order valence-electron chi connectivity index (χ4n) is 2.22. The number of nitrogens with zero attached hydrogens (tertiary/aromatic N) is 2. The second-order valence-corrected chi connectivity index (χ2v) is 4.96. The minimum absolute atomic E-state index is 0.0551. The van der Waals surface area contributed by atoms with Crippen molar-refractivity contribution in [3.05, 3.63) is 35.9 Å². The first kappa shape index (κ1) is 14.4. The van der Waals surface area contributed by atoms with Crippen LogP contribution in [0.5, 0.6) is 0 Å². The highest BCUT2D eigenvalue weighted by Gasteiger charge is 2.29. The van der Waals surface area contributed by atoms with Gasteiger partial charge in [-0.1, -0.05) is 37.3 Å². The van der Waals surface area contributed by atoms with E-state index >= 15 is 0 Å². The molecule has 3 amide bonds. The Labute approximate surface area is 119 Å². The fourth-order valence-corrected chi connectivity index (χ4v) is 2.22. The Morgan fingerprint density at radius 3 is 2.60 bits per heavy atom. The van der Waals surface area contributed by atoms with Gasteiger partial charge in [0.25, 0.3) is 0 Å². The SMILES string of the molecule is CCCNC(=O)CN1CCN(Cc2ccccc2)C1=O. The standard InChI is InChI=1S/C15H21N3O2/c1-2-8-16-14(19)12-18-10-9-17(15(18)20)11-13-6-4-3-5-7-13/h3-7H,2,8-12H2,1H3,(H,16,19). The number of rotatable bonds is 6. The van der Waals surface area contributed by atoms with E-state index in [1.807, 2.05) is 37.3 Å². The summed E-state index contributed by atoms with van der Waals surface area (Å²) in [5.41, 5.74) is 1.11. The van der Waals surface area contributed by atoms with Crippen LogP contribution in [0.1, 0.15) is 18.9 Å². The molecule has 0 radical (unpaired) electrons. The highest BCUT2D eigenvalue weighted by atomic mass is 16.2. The van der Waals surface area contributed by atoms with Crippen LogP contribution < -0.4 is 5.32 Å². The van der Waals surface area contributed by atoms with Gasteiger partial charge in [-0.2, -0.15) is 0 Å². The zero-order valence-corrected chi connectivity index (χ0v) is 11.8. The quantitative estimate of drug-likeness (QED) is 0.854. The average molecular weight is 275 g/mol. The van der Waals surface area contributed by atoms with Crippen LogP contribution in [0.3, 0.4) is 0 Å². The van der Waals surface area contributed by atoms with Crippen molar-refractivity contribution in [2.75, 3.05) is 26.2 Å². The van der Waals surface area contributed by atoms with E-state index in [2.05, 4.69) is 5.32 Å². The van der Waals surface area contributed by atoms with Gasteiger partial charge in [0.05, 0.1) is 0 Å². The van der Waals surface area contributed by atoms with Crippen LogP contribution in [0.15, 0.2) is 30.3 Å². The van der Waals surface area contributed by atoms with Crippen molar-refractivity contribution in [2.24, 2.45) is 0 Å². The molecule has 0 spiro atoms. The molecule has 0 aliphatic carbocycles. The van der Waals surface area contributed by atoms with Crippen LogP contribution in [-0.2, 0) is 11.3 Å². The van der Waals surface area contributed by atoms with E-state index in [1.54, 1.807) is 9.80 Å². The predicted molar refractivity (Wildman–Crippen MR) is 77.1 cm³/mol. The second kappa shape index (κ2) is 6.93. The highest BCUT2D eigenvalue weighted by Crippen LogP contribution is 2.12. The molecule has 0 aromatic heterocycles. The number of hydrogen-bond acceptors (Lipinski definition) is 2. The van der Waals surface area contributed by atoms with Gasteiger partial charge in [0.1, 0.15) is 6.54 Å². The number of carbonyl (C=O) groups excluding carboxylic acids is 2. The van der Waals surface area contributed by atoms with Crippen LogP contribution in [0.4, 0.5) is 4.79 Å². The molecule has 5 nitrogen and oxygen atoms in total. The molecule has 1 aromatic rings. The molecular weight excluding hydrogens is 254 g/mol.